The Hall–Kier alpha value is -0.720. The first-order valence-corrected chi connectivity index (χ1v) is 4.41. The topological polar surface area (TPSA) is 9.23 Å². The first kappa shape index (κ1) is 9.37. The highest BCUT2D eigenvalue weighted by atomic mass is 16.5. The number of rotatable bonds is 0. The average molecular weight is 166 g/mol. The maximum Gasteiger partial charge on any atom is 0.124 e. The molecule has 0 aromatic heterocycles. The van der Waals surface area contributed by atoms with Crippen molar-refractivity contribution in [2.24, 2.45) is 0 Å². The van der Waals surface area contributed by atoms with Crippen LogP contribution in [0.1, 0.15) is 41.5 Å². The Morgan fingerprint density at radius 3 is 1.92 bits per heavy atom. The van der Waals surface area contributed by atoms with Gasteiger partial charge in [0.05, 0.1) is 5.76 Å². The van der Waals surface area contributed by atoms with Crippen molar-refractivity contribution in [3.8, 4) is 0 Å². The minimum Gasteiger partial charge on any atom is -0.488 e. The smallest absolute Gasteiger partial charge is 0.124 e. The summed E-state index contributed by atoms with van der Waals surface area (Å²) in [4.78, 5) is 0. The molecule has 0 atom stereocenters. The molecular formula is C11H18O. The molecule has 0 fully saturated rings. The number of ether oxygens (including phenoxy) is 1. The van der Waals surface area contributed by atoms with Crippen molar-refractivity contribution >= 4 is 0 Å². The van der Waals surface area contributed by atoms with Crippen LogP contribution in [0.4, 0.5) is 0 Å². The molecule has 1 aliphatic heterocycles. The van der Waals surface area contributed by atoms with E-state index in [1.807, 2.05) is 6.92 Å². The lowest BCUT2D eigenvalue weighted by Gasteiger charge is -2.34. The van der Waals surface area contributed by atoms with Gasteiger partial charge in [0.1, 0.15) is 5.60 Å². The molecule has 0 saturated carbocycles. The Balaban J connectivity index is 3.20. The second kappa shape index (κ2) is 2.65. The molecule has 1 nitrogen and oxygen atoms in total. The molecule has 0 bridgehead atoms. The van der Waals surface area contributed by atoms with Crippen LogP contribution in [0.25, 0.3) is 0 Å². The summed E-state index contributed by atoms with van der Waals surface area (Å²) in [6, 6.07) is 0. The molecule has 1 heterocycles. The van der Waals surface area contributed by atoms with Crippen LogP contribution >= 0.6 is 0 Å². The molecule has 0 aromatic carbocycles. The Bertz CT molecular complexity index is 267. The van der Waals surface area contributed by atoms with Crippen molar-refractivity contribution in [2.75, 3.05) is 0 Å². The fourth-order valence-electron chi connectivity index (χ4n) is 1.53. The highest BCUT2D eigenvalue weighted by Crippen LogP contribution is 2.35. The normalized spacial score (nSPS) is 22.8. The first-order valence-electron chi connectivity index (χ1n) is 4.41. The van der Waals surface area contributed by atoms with Crippen molar-refractivity contribution in [1.82, 2.24) is 0 Å². The molecule has 0 N–H and O–H groups in total. The predicted molar refractivity (Wildman–Crippen MR) is 51.9 cm³/mol. The van der Waals surface area contributed by atoms with Crippen LogP contribution in [0, 0.1) is 0 Å². The van der Waals surface area contributed by atoms with Gasteiger partial charge in [-0.25, -0.2) is 0 Å². The Morgan fingerprint density at radius 2 is 1.42 bits per heavy atom. The molecule has 0 aromatic rings. The lowest BCUT2D eigenvalue weighted by molar-refractivity contribution is 0.0610. The van der Waals surface area contributed by atoms with Gasteiger partial charge in [-0.15, -0.1) is 0 Å². The molecule has 0 unspecified atom stereocenters. The summed E-state index contributed by atoms with van der Waals surface area (Å²) in [6.45, 7) is 12.7. The van der Waals surface area contributed by atoms with Crippen LogP contribution in [0.5, 0.6) is 0 Å². The molecule has 1 heteroatoms. The zero-order valence-corrected chi connectivity index (χ0v) is 8.91. The zero-order valence-electron chi connectivity index (χ0n) is 8.91. The molecule has 1 rings (SSSR count). The van der Waals surface area contributed by atoms with Crippen LogP contribution in [-0.2, 0) is 4.74 Å². The lowest BCUT2D eigenvalue weighted by Crippen LogP contribution is -2.29. The molecular weight excluding hydrogens is 148 g/mol. The Morgan fingerprint density at radius 1 is 0.917 bits per heavy atom. The summed E-state index contributed by atoms with van der Waals surface area (Å²) in [6.07, 6.45) is 0. The number of hydrogen-bond donors (Lipinski definition) is 0. The van der Waals surface area contributed by atoms with Crippen molar-refractivity contribution in [3.05, 3.63) is 22.5 Å². The van der Waals surface area contributed by atoms with Crippen LogP contribution in [0.3, 0.4) is 0 Å². The summed E-state index contributed by atoms with van der Waals surface area (Å²) in [5.41, 5.74) is 3.88. The van der Waals surface area contributed by atoms with Crippen LogP contribution in [0.2, 0.25) is 0 Å². The molecule has 0 amide bonds. The minimum absolute atomic E-state index is 0.117. The fraction of sp³-hybridized carbons (Fsp3) is 0.636. The Kier molecular flexibility index (Phi) is 2.07. The van der Waals surface area contributed by atoms with E-state index in [1.165, 1.54) is 16.7 Å². The molecule has 0 saturated heterocycles. The summed E-state index contributed by atoms with van der Waals surface area (Å²) < 4.78 is 5.79. The van der Waals surface area contributed by atoms with E-state index in [9.17, 15) is 0 Å². The van der Waals surface area contributed by atoms with Gasteiger partial charge in [-0.2, -0.15) is 0 Å². The standard InChI is InChI=1S/C11H18O/c1-7-8(2)10(4)12-11(5,6)9(7)3/h1-6H3. The van der Waals surface area contributed by atoms with Gasteiger partial charge in [-0.05, 0) is 58.3 Å². The first-order chi connectivity index (χ1) is 5.36. The van der Waals surface area contributed by atoms with Crippen LogP contribution in [-0.4, -0.2) is 5.60 Å². The summed E-state index contributed by atoms with van der Waals surface area (Å²) in [5.74, 6) is 1.06. The van der Waals surface area contributed by atoms with Crippen LogP contribution in [0.15, 0.2) is 22.5 Å². The van der Waals surface area contributed by atoms with E-state index in [-0.39, 0.29) is 5.60 Å². The quantitative estimate of drug-likeness (QED) is 0.535. The van der Waals surface area contributed by atoms with Gasteiger partial charge in [-0.3, -0.25) is 0 Å². The summed E-state index contributed by atoms with van der Waals surface area (Å²) in [7, 11) is 0. The second-order valence-electron chi connectivity index (χ2n) is 4.04. The monoisotopic (exact) mass is 166 g/mol. The largest absolute Gasteiger partial charge is 0.488 e. The van der Waals surface area contributed by atoms with Gasteiger partial charge in [0.25, 0.3) is 0 Å². The summed E-state index contributed by atoms with van der Waals surface area (Å²) in [5, 5.41) is 0. The predicted octanol–water partition coefficient (Wildman–Crippen LogP) is 3.43. The van der Waals surface area contributed by atoms with E-state index in [4.69, 9.17) is 4.74 Å². The molecule has 1 aliphatic rings. The van der Waals surface area contributed by atoms with E-state index in [0.29, 0.717) is 0 Å². The van der Waals surface area contributed by atoms with E-state index in [2.05, 4.69) is 34.6 Å². The maximum absolute atomic E-state index is 5.79. The molecule has 0 spiro atoms. The zero-order chi connectivity index (χ0) is 9.52. The average Bonchev–Trinajstić information content (AvgIpc) is 1.97. The van der Waals surface area contributed by atoms with E-state index < -0.39 is 0 Å². The fourth-order valence-corrected chi connectivity index (χ4v) is 1.53. The van der Waals surface area contributed by atoms with Crippen molar-refractivity contribution in [2.45, 2.75) is 47.1 Å². The van der Waals surface area contributed by atoms with Gasteiger partial charge in [0.2, 0.25) is 0 Å². The van der Waals surface area contributed by atoms with Gasteiger partial charge in [0, 0.05) is 0 Å². The van der Waals surface area contributed by atoms with Crippen LogP contribution < -0.4 is 0 Å². The van der Waals surface area contributed by atoms with E-state index >= 15 is 0 Å². The third-order valence-electron chi connectivity index (χ3n) is 2.96. The maximum atomic E-state index is 5.79. The molecule has 0 radical (unpaired) electrons. The summed E-state index contributed by atoms with van der Waals surface area (Å²) >= 11 is 0. The number of hydrogen-bond acceptors (Lipinski definition) is 1. The second-order valence-corrected chi connectivity index (χ2v) is 4.04. The minimum atomic E-state index is -0.117. The SMILES string of the molecule is CC1=C(C)C(C)=C(C)C(C)(C)O1. The highest BCUT2D eigenvalue weighted by molar-refractivity contribution is 5.39. The molecule has 68 valence electrons. The number of allylic oxidation sites excluding steroid dienone is 3. The van der Waals surface area contributed by atoms with Gasteiger partial charge >= 0.3 is 0 Å². The van der Waals surface area contributed by atoms with Gasteiger partial charge in [-0.1, -0.05) is 0 Å². The molecule has 12 heavy (non-hydrogen) atoms. The van der Waals surface area contributed by atoms with Gasteiger partial charge < -0.3 is 4.74 Å². The lowest BCUT2D eigenvalue weighted by atomic mass is 9.89. The third-order valence-corrected chi connectivity index (χ3v) is 2.96. The van der Waals surface area contributed by atoms with Crippen molar-refractivity contribution in [1.29, 1.82) is 0 Å². The third kappa shape index (κ3) is 1.28. The Labute approximate surface area is 75.1 Å². The van der Waals surface area contributed by atoms with Gasteiger partial charge in [0.15, 0.2) is 0 Å². The van der Waals surface area contributed by atoms with Crippen molar-refractivity contribution in [3.63, 3.8) is 0 Å². The van der Waals surface area contributed by atoms with E-state index in [0.717, 1.165) is 5.76 Å². The highest BCUT2D eigenvalue weighted by Gasteiger charge is 2.28. The van der Waals surface area contributed by atoms with E-state index in [1.54, 1.807) is 0 Å². The molecule has 0 aliphatic carbocycles. The van der Waals surface area contributed by atoms with Crippen molar-refractivity contribution < 1.29 is 4.74 Å².